The van der Waals surface area contributed by atoms with Gasteiger partial charge in [0.2, 0.25) is 0 Å². The normalized spacial score (nSPS) is 25.4. The molecule has 0 spiro atoms. The number of ether oxygens (including phenoxy) is 12. The van der Waals surface area contributed by atoms with E-state index in [1.807, 2.05) is 31.2 Å². The maximum absolute atomic E-state index is 14.1. The maximum atomic E-state index is 14.1. The van der Waals surface area contributed by atoms with Gasteiger partial charge in [-0.25, -0.2) is 26.3 Å². The van der Waals surface area contributed by atoms with Crippen molar-refractivity contribution in [1.29, 1.82) is 0 Å². The quantitative estimate of drug-likeness (QED) is 0.0570. The molecule has 484 valence electrons. The zero-order chi connectivity index (χ0) is 64.9. The summed E-state index contributed by atoms with van der Waals surface area (Å²) in [6.07, 6.45) is -4.15. The van der Waals surface area contributed by atoms with E-state index >= 15 is 0 Å². The van der Waals surface area contributed by atoms with Gasteiger partial charge in [0, 0.05) is 37.4 Å². The monoisotopic (exact) mass is 1340 g/mol. The molecule has 9 saturated heterocycles. The van der Waals surface area contributed by atoms with Crippen LogP contribution in [0, 0.1) is 51.1 Å². The molecule has 14 nitrogen and oxygen atoms in total. The van der Waals surface area contributed by atoms with E-state index in [4.69, 9.17) is 52.7 Å². The third-order valence-electron chi connectivity index (χ3n) is 16.0. The Kier molecular flexibility index (Phi) is 21.2. The van der Waals surface area contributed by atoms with Gasteiger partial charge >= 0.3 is 37.3 Å². The fourth-order valence-electron chi connectivity index (χ4n) is 10.0. The first-order valence-electron chi connectivity index (χ1n) is 28.3. The van der Waals surface area contributed by atoms with Crippen LogP contribution in [0.2, 0.25) is 0 Å². The number of rotatable bonds is 15. The minimum Gasteiger partial charge on any atom is -0.488 e. The Bertz CT molecular complexity index is 3340. The van der Waals surface area contributed by atoms with Crippen LogP contribution >= 0.6 is 15.9 Å². The minimum atomic E-state index is -4.70. The number of halogens is 12. The molecule has 0 amide bonds. The predicted molar refractivity (Wildman–Crippen MR) is 304 cm³/mol. The molecule has 0 radical (unpaired) electrons. The molecule has 90 heavy (non-hydrogen) atoms. The third-order valence-corrected chi connectivity index (χ3v) is 16.5. The summed E-state index contributed by atoms with van der Waals surface area (Å²) in [5, 5.41) is 17.3. The second kappa shape index (κ2) is 27.9. The van der Waals surface area contributed by atoms with Crippen molar-refractivity contribution < 1.29 is 115 Å². The summed E-state index contributed by atoms with van der Waals surface area (Å²) in [6, 6.07) is 26.6. The van der Waals surface area contributed by atoms with E-state index in [9.17, 15) is 48.3 Å². The fraction of sp³-hybridized carbons (Fsp3) is 0.397. The highest BCUT2D eigenvalue weighted by Gasteiger charge is 2.55. The van der Waals surface area contributed by atoms with Gasteiger partial charge in [0.25, 0.3) is 0 Å². The number of alkyl halides is 3. The highest BCUT2D eigenvalue weighted by Crippen LogP contribution is 2.49. The lowest BCUT2D eigenvalue weighted by Gasteiger charge is -2.51. The van der Waals surface area contributed by atoms with E-state index in [0.717, 1.165) is 65.7 Å². The fourth-order valence-corrected chi connectivity index (χ4v) is 10.3. The van der Waals surface area contributed by atoms with Gasteiger partial charge in [0.1, 0.15) is 0 Å². The standard InChI is InChI=1S/C21H19F5O4.C21H18F4O4.C13H15BrO3.C8H9BF2O3/c1-2-19-9-28-21(29-10-19,30-11-19)15-5-3-13(4-6-15)14-7-16(22)18(17(23)8-14)27-12-20(24,25)26;1-2-20-10-27-21(28-11-20,29-12-20)15-5-3-13(4-6-15)14-7-16(22)19(17(23)8-14)26-9-18(24)25;1-2-12-7-15-13(16-8-12,17-9-12)10-3-5-11(14)6-4-10;1-2-14-8-6(10)3-5(9(12)13)4-7(8)11/h3-8H,2,9-12H2,1H3;3-9H,2,10-12H2,1H3;3-6H,2,7-9H2,1H3;3-4,12-13H,2H2,1H3. The van der Waals surface area contributed by atoms with E-state index in [2.05, 4.69) is 44.0 Å². The minimum absolute atomic E-state index is 0.0170. The zero-order valence-corrected chi connectivity index (χ0v) is 50.4. The second-order valence-corrected chi connectivity index (χ2v) is 23.0. The Labute approximate surface area is 518 Å². The summed E-state index contributed by atoms with van der Waals surface area (Å²) in [5.41, 5.74) is 3.02. The first-order valence-corrected chi connectivity index (χ1v) is 29.1. The summed E-state index contributed by atoms with van der Waals surface area (Å²) < 4.78 is 210. The van der Waals surface area contributed by atoms with Crippen LogP contribution in [0.3, 0.4) is 0 Å². The zero-order valence-electron chi connectivity index (χ0n) is 48.8. The van der Waals surface area contributed by atoms with Crippen molar-refractivity contribution in [2.45, 2.75) is 71.1 Å². The molecule has 27 heteroatoms. The molecule has 6 aromatic rings. The summed E-state index contributed by atoms with van der Waals surface area (Å²) in [4.78, 5) is 0. The first-order chi connectivity index (χ1) is 42.8. The molecule has 2 N–H and O–H groups in total. The lowest BCUT2D eigenvalue weighted by atomic mass is 9.80. The maximum Gasteiger partial charge on any atom is 0.488 e. The molecule has 9 fully saturated rings. The van der Waals surface area contributed by atoms with Crippen molar-refractivity contribution in [3.05, 3.63) is 178 Å². The van der Waals surface area contributed by atoms with E-state index in [1.54, 1.807) is 55.5 Å². The Morgan fingerprint density at radius 1 is 0.467 bits per heavy atom. The molecular formula is C63H61BBrF11O14. The van der Waals surface area contributed by atoms with Crippen molar-refractivity contribution in [3.63, 3.8) is 0 Å². The third kappa shape index (κ3) is 15.1. The van der Waals surface area contributed by atoms with Gasteiger partial charge in [-0.05, 0) is 115 Å². The van der Waals surface area contributed by atoms with Gasteiger partial charge in [0.05, 0.1) is 66.1 Å². The molecule has 9 aliphatic rings. The highest BCUT2D eigenvalue weighted by molar-refractivity contribution is 9.10. The molecule has 0 aliphatic carbocycles. The Morgan fingerprint density at radius 3 is 1.06 bits per heavy atom. The molecular weight excluding hydrogens is 1280 g/mol. The number of hydrogen-bond donors (Lipinski definition) is 2. The van der Waals surface area contributed by atoms with E-state index in [-0.39, 0.29) is 45.7 Å². The van der Waals surface area contributed by atoms with Gasteiger partial charge in [-0.1, -0.05) is 85.2 Å². The van der Waals surface area contributed by atoms with Gasteiger partial charge in [-0.2, -0.15) is 22.0 Å². The summed E-state index contributed by atoms with van der Waals surface area (Å²) >= 11 is 3.42. The molecule has 15 rings (SSSR count). The number of benzene rings is 6. The van der Waals surface area contributed by atoms with Gasteiger partial charge in [-0.15, -0.1) is 0 Å². The van der Waals surface area contributed by atoms with Gasteiger partial charge in [-0.3, -0.25) is 0 Å². The van der Waals surface area contributed by atoms with Crippen molar-refractivity contribution in [2.75, 3.05) is 72.7 Å². The van der Waals surface area contributed by atoms with Crippen molar-refractivity contribution in [2.24, 2.45) is 16.2 Å². The van der Waals surface area contributed by atoms with E-state index in [1.165, 1.54) is 0 Å². The average Bonchev–Trinajstić information content (AvgIpc) is 1.03. The molecule has 9 aliphatic heterocycles. The van der Waals surface area contributed by atoms with Crippen molar-refractivity contribution in [3.8, 4) is 39.5 Å². The van der Waals surface area contributed by atoms with E-state index in [0.29, 0.717) is 81.7 Å². The summed E-state index contributed by atoms with van der Waals surface area (Å²) in [5.74, 6) is -12.5. The Morgan fingerprint density at radius 2 is 0.767 bits per heavy atom. The molecule has 6 aromatic carbocycles. The molecule has 9 heterocycles. The Hall–Kier alpha value is -6.21. The van der Waals surface area contributed by atoms with Crippen LogP contribution in [0.1, 0.15) is 63.6 Å². The first kappa shape index (κ1) is 68.2. The smallest absolute Gasteiger partial charge is 0.488 e. The lowest BCUT2D eigenvalue weighted by Crippen LogP contribution is -2.58. The van der Waals surface area contributed by atoms with Crippen LogP contribution in [0.25, 0.3) is 22.3 Å². The largest absolute Gasteiger partial charge is 0.488 e. The predicted octanol–water partition coefficient (Wildman–Crippen LogP) is 13.6. The number of fused-ring (bicyclic) bond motifs is 9. The van der Waals surface area contributed by atoms with Crippen LogP contribution in [-0.4, -0.2) is 96.0 Å². The topological polar surface area (TPSA) is 151 Å². The SMILES string of the molecule is CCC12COC(c3ccc(-c4cc(F)c(OC=C(F)F)c(F)c4)cc3)(OC1)OC2.CCC12COC(c3ccc(-c4cc(F)c(OCC(F)(F)F)c(F)c4)cc3)(OC1)OC2.CCC12COC(c3ccc(Br)cc3)(OC1)OC2.CCOc1c(F)cc(B(O)O)cc1F. The molecule has 0 saturated carbocycles. The Balaban J connectivity index is 0.000000149. The van der Waals surface area contributed by atoms with Crippen molar-refractivity contribution in [1.82, 2.24) is 0 Å². The van der Waals surface area contributed by atoms with E-state index < -0.39 is 96.1 Å². The van der Waals surface area contributed by atoms with Crippen LogP contribution < -0.4 is 19.7 Å². The van der Waals surface area contributed by atoms with Gasteiger partial charge < -0.3 is 66.9 Å². The molecule has 0 unspecified atom stereocenters. The van der Waals surface area contributed by atoms with Crippen LogP contribution in [0.5, 0.6) is 17.2 Å². The molecule has 0 aromatic heterocycles. The lowest BCUT2D eigenvalue weighted by molar-refractivity contribution is -0.480. The van der Waals surface area contributed by atoms with Crippen LogP contribution in [-0.2, 0) is 60.6 Å². The van der Waals surface area contributed by atoms with Crippen molar-refractivity contribution >= 4 is 28.5 Å². The van der Waals surface area contributed by atoms with Crippen LogP contribution in [0.15, 0.2) is 126 Å². The highest BCUT2D eigenvalue weighted by atomic mass is 79.9. The molecule has 0 atom stereocenters. The molecule has 6 bridgehead atoms. The summed E-state index contributed by atoms with van der Waals surface area (Å²) in [7, 11) is -1.89. The number of hydrogen-bond acceptors (Lipinski definition) is 14. The van der Waals surface area contributed by atoms with Crippen LogP contribution in [0.4, 0.5) is 48.3 Å². The second-order valence-electron chi connectivity index (χ2n) is 22.1. The summed E-state index contributed by atoms with van der Waals surface area (Å²) in [6.45, 7) is 11.4. The average molecular weight is 1340 g/mol. The van der Waals surface area contributed by atoms with Gasteiger partial charge in [0.15, 0.2) is 65.0 Å².